The molecule has 1 amide bonds. The van der Waals surface area contributed by atoms with Gasteiger partial charge >= 0.3 is 0 Å². The van der Waals surface area contributed by atoms with Crippen molar-refractivity contribution in [3.8, 4) is 17.2 Å². The molecule has 0 spiro atoms. The molecule has 0 saturated carbocycles. The predicted octanol–water partition coefficient (Wildman–Crippen LogP) is 3.56. The number of nitrogens with zero attached hydrogens (tertiary/aromatic N) is 1. The van der Waals surface area contributed by atoms with Gasteiger partial charge in [0.15, 0.2) is 16.3 Å². The fourth-order valence-electron chi connectivity index (χ4n) is 2.69. The second-order valence-corrected chi connectivity index (χ2v) is 5.85. The Hall–Kier alpha value is -3.06. The molecule has 3 aromatic rings. The molecule has 0 unspecified atom stereocenters. The maximum Gasteiger partial charge on any atom is 0.274 e. The van der Waals surface area contributed by atoms with Gasteiger partial charge < -0.3 is 19.8 Å². The summed E-state index contributed by atoms with van der Waals surface area (Å²) in [5, 5.41) is 2.87. The molecule has 0 atom stereocenters. The van der Waals surface area contributed by atoms with Crippen LogP contribution < -0.4 is 14.8 Å². The van der Waals surface area contributed by atoms with E-state index in [1.54, 1.807) is 29.0 Å². The first kappa shape index (κ1) is 15.5. The Kier molecular flexibility index (Phi) is 3.99. The molecule has 0 fully saturated rings. The van der Waals surface area contributed by atoms with Crippen LogP contribution in [0.1, 0.15) is 10.5 Å². The van der Waals surface area contributed by atoms with E-state index in [9.17, 15) is 4.79 Å². The van der Waals surface area contributed by atoms with E-state index in [0.29, 0.717) is 40.9 Å². The van der Waals surface area contributed by atoms with Crippen molar-refractivity contribution < 1.29 is 14.3 Å². The summed E-state index contributed by atoms with van der Waals surface area (Å²) in [7, 11) is 0. The number of aromatic amines is 1. The van der Waals surface area contributed by atoms with Gasteiger partial charge in [-0.05, 0) is 36.5 Å². The Morgan fingerprint density at radius 3 is 2.64 bits per heavy atom. The van der Waals surface area contributed by atoms with Crippen molar-refractivity contribution in [2.45, 2.75) is 0 Å². The van der Waals surface area contributed by atoms with Gasteiger partial charge in [0.05, 0.1) is 0 Å². The average molecular weight is 353 g/mol. The number of hydrogen-bond donors (Lipinski definition) is 2. The minimum atomic E-state index is -0.270. The van der Waals surface area contributed by atoms with Crippen LogP contribution in [0.15, 0.2) is 54.7 Å². The summed E-state index contributed by atoms with van der Waals surface area (Å²) in [5.41, 5.74) is 1.87. The molecule has 0 bridgehead atoms. The average Bonchev–Trinajstić information content (AvgIpc) is 3.04. The molecule has 0 aliphatic carbocycles. The first-order valence-corrected chi connectivity index (χ1v) is 8.20. The van der Waals surface area contributed by atoms with Crippen LogP contribution in [0.4, 0.5) is 5.69 Å². The number of rotatable bonds is 3. The third-order valence-electron chi connectivity index (χ3n) is 3.82. The molecule has 0 radical (unpaired) electrons. The zero-order chi connectivity index (χ0) is 17.2. The van der Waals surface area contributed by atoms with E-state index in [4.69, 9.17) is 21.7 Å². The molecular weight excluding hydrogens is 338 g/mol. The summed E-state index contributed by atoms with van der Waals surface area (Å²) in [6, 6.07) is 14.8. The van der Waals surface area contributed by atoms with Gasteiger partial charge in [0, 0.05) is 23.6 Å². The molecule has 2 N–H and O–H groups in total. The van der Waals surface area contributed by atoms with Crippen molar-refractivity contribution in [2.75, 3.05) is 18.5 Å². The summed E-state index contributed by atoms with van der Waals surface area (Å²) in [5.74, 6) is 1.03. The van der Waals surface area contributed by atoms with Gasteiger partial charge in [-0.25, -0.2) is 0 Å². The van der Waals surface area contributed by atoms with Crippen molar-refractivity contribution in [1.82, 2.24) is 9.55 Å². The van der Waals surface area contributed by atoms with E-state index in [1.807, 2.05) is 30.3 Å². The standard InChI is InChI=1S/C18H15N3O3S/c22-17(20-12-6-7-15-16(10-12)24-9-8-23-15)14-11-19-18(25)21(14)13-4-2-1-3-5-13/h1-7,10-11H,8-9H2,(H,19,25)(H,20,22). The van der Waals surface area contributed by atoms with Gasteiger partial charge in [0.25, 0.3) is 5.91 Å². The zero-order valence-electron chi connectivity index (χ0n) is 13.2. The lowest BCUT2D eigenvalue weighted by Crippen LogP contribution is -2.18. The third kappa shape index (κ3) is 3.01. The van der Waals surface area contributed by atoms with Crippen molar-refractivity contribution in [3.05, 3.63) is 65.2 Å². The number of carbonyl (C=O) groups excluding carboxylic acids is 1. The summed E-state index contributed by atoms with van der Waals surface area (Å²) >= 11 is 5.31. The predicted molar refractivity (Wildman–Crippen MR) is 96.3 cm³/mol. The number of para-hydroxylation sites is 1. The van der Waals surface area contributed by atoms with Crippen LogP contribution in [0.3, 0.4) is 0 Å². The molecule has 1 aromatic heterocycles. The first-order chi connectivity index (χ1) is 12.2. The highest BCUT2D eigenvalue weighted by molar-refractivity contribution is 7.71. The van der Waals surface area contributed by atoms with Gasteiger partial charge in [-0.15, -0.1) is 0 Å². The number of fused-ring (bicyclic) bond motifs is 1. The van der Waals surface area contributed by atoms with Crippen LogP contribution in [0.5, 0.6) is 11.5 Å². The molecule has 7 heteroatoms. The van der Waals surface area contributed by atoms with E-state index in [1.165, 1.54) is 0 Å². The molecule has 1 aliphatic rings. The van der Waals surface area contributed by atoms with E-state index in [0.717, 1.165) is 5.69 Å². The molecule has 126 valence electrons. The number of hydrogen-bond acceptors (Lipinski definition) is 4. The lowest BCUT2D eigenvalue weighted by molar-refractivity contribution is 0.102. The van der Waals surface area contributed by atoms with Gasteiger partial charge in [-0.2, -0.15) is 0 Å². The SMILES string of the molecule is O=C(Nc1ccc2c(c1)OCCO2)c1c[nH]c(=S)n1-c1ccccc1. The van der Waals surface area contributed by atoms with Crippen LogP contribution >= 0.6 is 12.2 Å². The lowest BCUT2D eigenvalue weighted by atomic mass is 10.2. The van der Waals surface area contributed by atoms with E-state index >= 15 is 0 Å². The molecule has 6 nitrogen and oxygen atoms in total. The Bertz CT molecular complexity index is 979. The number of ether oxygens (including phenoxy) is 2. The van der Waals surface area contributed by atoms with Gasteiger partial charge in [-0.1, -0.05) is 18.2 Å². The third-order valence-corrected chi connectivity index (χ3v) is 4.12. The summed E-state index contributed by atoms with van der Waals surface area (Å²) in [4.78, 5) is 15.6. The largest absolute Gasteiger partial charge is 0.486 e. The van der Waals surface area contributed by atoms with Gasteiger partial charge in [-0.3, -0.25) is 9.36 Å². The smallest absolute Gasteiger partial charge is 0.274 e. The maximum atomic E-state index is 12.7. The minimum Gasteiger partial charge on any atom is -0.486 e. The quantitative estimate of drug-likeness (QED) is 0.707. The van der Waals surface area contributed by atoms with Crippen molar-refractivity contribution in [1.29, 1.82) is 0 Å². The second-order valence-electron chi connectivity index (χ2n) is 5.46. The summed E-state index contributed by atoms with van der Waals surface area (Å²) in [6.07, 6.45) is 1.60. The van der Waals surface area contributed by atoms with Crippen LogP contribution in [-0.2, 0) is 0 Å². The summed E-state index contributed by atoms with van der Waals surface area (Å²) in [6.45, 7) is 1.02. The molecule has 25 heavy (non-hydrogen) atoms. The number of imidazole rings is 1. The highest BCUT2D eigenvalue weighted by atomic mass is 32.1. The molecule has 2 aromatic carbocycles. The number of carbonyl (C=O) groups is 1. The topological polar surface area (TPSA) is 68.3 Å². The Morgan fingerprint density at radius 2 is 1.84 bits per heavy atom. The normalized spacial score (nSPS) is 12.6. The van der Waals surface area contributed by atoms with Crippen molar-refractivity contribution in [2.24, 2.45) is 0 Å². The number of H-pyrrole nitrogens is 1. The second kappa shape index (κ2) is 6.45. The van der Waals surface area contributed by atoms with E-state index in [2.05, 4.69) is 10.3 Å². The summed E-state index contributed by atoms with van der Waals surface area (Å²) < 4.78 is 13.2. The monoisotopic (exact) mass is 353 g/mol. The van der Waals surface area contributed by atoms with Crippen molar-refractivity contribution >= 4 is 23.8 Å². The van der Waals surface area contributed by atoms with E-state index < -0.39 is 0 Å². The molecule has 0 saturated heterocycles. The van der Waals surface area contributed by atoms with Crippen LogP contribution in [-0.4, -0.2) is 28.7 Å². The number of anilines is 1. The Morgan fingerprint density at radius 1 is 1.08 bits per heavy atom. The minimum absolute atomic E-state index is 0.270. The fourth-order valence-corrected chi connectivity index (χ4v) is 2.95. The van der Waals surface area contributed by atoms with Crippen LogP contribution in [0.2, 0.25) is 0 Å². The number of aromatic nitrogens is 2. The van der Waals surface area contributed by atoms with Gasteiger partial charge in [0.1, 0.15) is 18.9 Å². The van der Waals surface area contributed by atoms with Crippen LogP contribution in [0.25, 0.3) is 5.69 Å². The molecule has 2 heterocycles. The molecule has 4 rings (SSSR count). The van der Waals surface area contributed by atoms with E-state index in [-0.39, 0.29) is 5.91 Å². The Labute approximate surface area is 149 Å². The zero-order valence-corrected chi connectivity index (χ0v) is 14.0. The van der Waals surface area contributed by atoms with Gasteiger partial charge in [0.2, 0.25) is 0 Å². The highest BCUT2D eigenvalue weighted by Crippen LogP contribution is 2.32. The number of nitrogens with one attached hydrogen (secondary N) is 2. The molecular formula is C18H15N3O3S. The number of benzene rings is 2. The molecule has 1 aliphatic heterocycles. The first-order valence-electron chi connectivity index (χ1n) is 7.79. The Balaban J connectivity index is 1.63. The fraction of sp³-hybridized carbons (Fsp3) is 0.111. The lowest BCUT2D eigenvalue weighted by Gasteiger charge is -2.19. The highest BCUT2D eigenvalue weighted by Gasteiger charge is 2.17. The number of amides is 1. The van der Waals surface area contributed by atoms with Crippen LogP contribution in [0, 0.1) is 4.77 Å². The maximum absolute atomic E-state index is 12.7. The van der Waals surface area contributed by atoms with Crippen molar-refractivity contribution in [3.63, 3.8) is 0 Å².